The fraction of sp³-hybridized carbons (Fsp3) is 0.647. The van der Waals surface area contributed by atoms with E-state index in [1.54, 1.807) is 0 Å². The highest BCUT2D eigenvalue weighted by molar-refractivity contribution is 5.21. The molecule has 0 N–H and O–H groups in total. The van der Waals surface area contributed by atoms with E-state index < -0.39 is 11.6 Å². The second-order valence-electron chi connectivity index (χ2n) is 7.02. The minimum atomic E-state index is -0.444. The lowest BCUT2D eigenvalue weighted by Crippen LogP contribution is -2.39. The van der Waals surface area contributed by atoms with E-state index in [9.17, 15) is 0 Å². The summed E-state index contributed by atoms with van der Waals surface area (Å²) < 4.78 is 18.7. The summed E-state index contributed by atoms with van der Waals surface area (Å²) in [5.74, 6) is 1.52. The highest BCUT2D eigenvalue weighted by Crippen LogP contribution is 2.66. The van der Waals surface area contributed by atoms with Gasteiger partial charge in [-0.2, -0.15) is 0 Å². The molecule has 4 aliphatic rings. The van der Waals surface area contributed by atoms with Gasteiger partial charge in [0.15, 0.2) is 11.6 Å². The van der Waals surface area contributed by atoms with Gasteiger partial charge < -0.3 is 14.2 Å². The van der Waals surface area contributed by atoms with Crippen LogP contribution in [0.15, 0.2) is 30.3 Å². The zero-order chi connectivity index (χ0) is 13.4. The van der Waals surface area contributed by atoms with Gasteiger partial charge in [-0.05, 0) is 30.7 Å². The minimum absolute atomic E-state index is 0.417. The SMILES string of the molecule is C[C@]12OC[C@@H]3C[C@@H]4CO[C@](Cc5ccccc5)(O1)[C@H]4[C@@H]32. The van der Waals surface area contributed by atoms with Crippen molar-refractivity contribution in [2.75, 3.05) is 13.2 Å². The molecule has 5 rings (SSSR count). The standard InChI is InChI=1S/C17H20O3/c1-16-14-12(9-18-16)7-13-10-19-17(20-16,15(13)14)8-11-5-3-2-4-6-11/h2-6,12-15H,7-10H2,1H3/t12-,13+,14+,15+,16-,17+/m0/s1. The maximum absolute atomic E-state index is 6.44. The van der Waals surface area contributed by atoms with Crippen LogP contribution in [0.2, 0.25) is 0 Å². The van der Waals surface area contributed by atoms with Crippen LogP contribution in [-0.4, -0.2) is 24.8 Å². The van der Waals surface area contributed by atoms with Gasteiger partial charge in [-0.3, -0.25) is 0 Å². The smallest absolute Gasteiger partial charge is 0.179 e. The Morgan fingerprint density at radius 2 is 1.80 bits per heavy atom. The fourth-order valence-electron chi connectivity index (χ4n) is 5.34. The van der Waals surface area contributed by atoms with Crippen molar-refractivity contribution in [3.05, 3.63) is 35.9 Å². The molecule has 1 aromatic rings. The summed E-state index contributed by atoms with van der Waals surface area (Å²) >= 11 is 0. The molecular formula is C17H20O3. The van der Waals surface area contributed by atoms with E-state index in [2.05, 4.69) is 37.3 Å². The number of rotatable bonds is 2. The van der Waals surface area contributed by atoms with Crippen LogP contribution >= 0.6 is 0 Å². The van der Waals surface area contributed by atoms with Crippen LogP contribution in [0.3, 0.4) is 0 Å². The number of ether oxygens (including phenoxy) is 3. The third-order valence-electron chi connectivity index (χ3n) is 5.92. The predicted octanol–water partition coefficient (Wildman–Crippen LogP) is 2.60. The van der Waals surface area contributed by atoms with Gasteiger partial charge in [-0.25, -0.2) is 0 Å². The van der Waals surface area contributed by atoms with Crippen LogP contribution in [0.1, 0.15) is 18.9 Å². The quantitative estimate of drug-likeness (QED) is 0.828. The van der Waals surface area contributed by atoms with Crippen LogP contribution in [0.5, 0.6) is 0 Å². The van der Waals surface area contributed by atoms with Crippen molar-refractivity contribution in [3.8, 4) is 0 Å². The Balaban J connectivity index is 1.55. The lowest BCUT2D eigenvalue weighted by Gasteiger charge is -2.31. The Morgan fingerprint density at radius 3 is 2.65 bits per heavy atom. The van der Waals surface area contributed by atoms with E-state index in [0.29, 0.717) is 23.7 Å². The van der Waals surface area contributed by atoms with Gasteiger partial charge in [-0.1, -0.05) is 30.3 Å². The molecule has 0 radical (unpaired) electrons. The summed E-state index contributed by atoms with van der Waals surface area (Å²) in [5, 5.41) is 0. The number of hydrogen-bond acceptors (Lipinski definition) is 3. The number of hydrogen-bond donors (Lipinski definition) is 0. The Bertz CT molecular complexity index is 544. The monoisotopic (exact) mass is 272 g/mol. The largest absolute Gasteiger partial charge is 0.349 e. The van der Waals surface area contributed by atoms with Crippen molar-refractivity contribution in [3.63, 3.8) is 0 Å². The summed E-state index contributed by atoms with van der Waals surface area (Å²) in [6.07, 6.45) is 2.10. The lowest BCUT2D eigenvalue weighted by molar-refractivity contribution is -0.301. The molecule has 0 unspecified atom stereocenters. The average molecular weight is 272 g/mol. The van der Waals surface area contributed by atoms with Gasteiger partial charge >= 0.3 is 0 Å². The summed E-state index contributed by atoms with van der Waals surface area (Å²) in [5.41, 5.74) is 1.29. The summed E-state index contributed by atoms with van der Waals surface area (Å²) in [4.78, 5) is 0. The third-order valence-corrected chi connectivity index (χ3v) is 5.92. The zero-order valence-corrected chi connectivity index (χ0v) is 11.7. The third kappa shape index (κ3) is 1.31. The van der Waals surface area contributed by atoms with Crippen molar-refractivity contribution in [1.29, 1.82) is 0 Å². The van der Waals surface area contributed by atoms with Crippen molar-refractivity contribution in [2.45, 2.75) is 31.3 Å². The highest BCUT2D eigenvalue weighted by Gasteiger charge is 2.74. The average Bonchev–Trinajstić information content (AvgIpc) is 3.10. The van der Waals surface area contributed by atoms with Crippen LogP contribution in [0.4, 0.5) is 0 Å². The molecule has 1 aliphatic carbocycles. The van der Waals surface area contributed by atoms with E-state index in [-0.39, 0.29) is 0 Å². The molecule has 0 amide bonds. The first kappa shape index (κ1) is 11.7. The summed E-state index contributed by atoms with van der Waals surface area (Å²) in [6.45, 7) is 3.85. The molecule has 1 saturated carbocycles. The molecule has 3 saturated heterocycles. The van der Waals surface area contributed by atoms with E-state index in [1.165, 1.54) is 12.0 Å². The fourth-order valence-corrected chi connectivity index (χ4v) is 5.34. The van der Waals surface area contributed by atoms with Gasteiger partial charge in [-0.15, -0.1) is 0 Å². The van der Waals surface area contributed by atoms with E-state index in [4.69, 9.17) is 14.2 Å². The Kier molecular flexibility index (Phi) is 2.14. The Morgan fingerprint density at radius 1 is 1.05 bits per heavy atom. The van der Waals surface area contributed by atoms with Gasteiger partial charge in [0, 0.05) is 18.3 Å². The molecule has 0 spiro atoms. The molecule has 3 heterocycles. The molecule has 3 aliphatic heterocycles. The van der Waals surface area contributed by atoms with E-state index in [1.807, 2.05) is 0 Å². The van der Waals surface area contributed by atoms with Gasteiger partial charge in [0.2, 0.25) is 0 Å². The van der Waals surface area contributed by atoms with Gasteiger partial charge in [0.25, 0.3) is 0 Å². The first-order valence-corrected chi connectivity index (χ1v) is 7.72. The van der Waals surface area contributed by atoms with Gasteiger partial charge in [0.1, 0.15) is 0 Å². The molecule has 0 aromatic heterocycles. The molecule has 106 valence electrons. The van der Waals surface area contributed by atoms with Gasteiger partial charge in [0.05, 0.1) is 13.2 Å². The lowest BCUT2D eigenvalue weighted by atomic mass is 9.81. The van der Waals surface area contributed by atoms with Crippen LogP contribution in [0, 0.1) is 23.7 Å². The first-order chi connectivity index (χ1) is 9.70. The van der Waals surface area contributed by atoms with E-state index >= 15 is 0 Å². The number of benzene rings is 1. The topological polar surface area (TPSA) is 27.7 Å². The van der Waals surface area contributed by atoms with Crippen molar-refractivity contribution < 1.29 is 14.2 Å². The van der Waals surface area contributed by atoms with Crippen molar-refractivity contribution >= 4 is 0 Å². The highest BCUT2D eigenvalue weighted by atomic mass is 16.8. The Labute approximate surface area is 119 Å². The van der Waals surface area contributed by atoms with E-state index in [0.717, 1.165) is 19.6 Å². The second-order valence-corrected chi connectivity index (χ2v) is 7.02. The Hall–Kier alpha value is -0.900. The zero-order valence-electron chi connectivity index (χ0n) is 11.7. The first-order valence-electron chi connectivity index (χ1n) is 7.72. The second kappa shape index (κ2) is 3.65. The molecule has 1 aromatic carbocycles. The maximum Gasteiger partial charge on any atom is 0.179 e. The van der Waals surface area contributed by atoms with Crippen molar-refractivity contribution in [1.82, 2.24) is 0 Å². The summed E-state index contributed by atoms with van der Waals surface area (Å²) in [6, 6.07) is 10.6. The summed E-state index contributed by atoms with van der Waals surface area (Å²) in [7, 11) is 0. The molecular weight excluding hydrogens is 252 g/mol. The van der Waals surface area contributed by atoms with Crippen LogP contribution in [0.25, 0.3) is 0 Å². The van der Waals surface area contributed by atoms with Crippen molar-refractivity contribution in [2.24, 2.45) is 23.7 Å². The van der Waals surface area contributed by atoms with Crippen LogP contribution in [-0.2, 0) is 20.6 Å². The molecule has 4 fully saturated rings. The molecule has 3 nitrogen and oxygen atoms in total. The van der Waals surface area contributed by atoms with Crippen LogP contribution < -0.4 is 0 Å². The molecule has 20 heavy (non-hydrogen) atoms. The molecule has 6 atom stereocenters. The predicted molar refractivity (Wildman–Crippen MR) is 72.8 cm³/mol. The molecule has 3 heteroatoms. The minimum Gasteiger partial charge on any atom is -0.349 e. The normalized spacial score (nSPS) is 51.6. The molecule has 0 bridgehead atoms. The maximum atomic E-state index is 6.44.